The molecule has 0 aromatic carbocycles. The molecule has 15 heavy (non-hydrogen) atoms. The van der Waals surface area contributed by atoms with Crippen LogP contribution in [0.3, 0.4) is 0 Å². The Labute approximate surface area is 90.7 Å². The van der Waals surface area contributed by atoms with Gasteiger partial charge >= 0.3 is 0 Å². The Morgan fingerprint density at radius 1 is 1.40 bits per heavy atom. The fraction of sp³-hybridized carbons (Fsp3) is 0.800. The number of nitrogens with zero attached hydrogens (tertiary/aromatic N) is 1. The first kappa shape index (κ1) is 13.7. The van der Waals surface area contributed by atoms with Crippen LogP contribution in [0.4, 0.5) is 0 Å². The minimum absolute atomic E-state index is 0.0475. The van der Waals surface area contributed by atoms with Crippen molar-refractivity contribution in [3.8, 4) is 0 Å². The second kappa shape index (κ2) is 6.27. The van der Waals surface area contributed by atoms with Crippen LogP contribution in [0.1, 0.15) is 40.0 Å². The van der Waals surface area contributed by atoms with Crippen LogP contribution in [-0.2, 0) is 4.79 Å². The third-order valence-corrected chi connectivity index (χ3v) is 1.95. The first-order valence-electron chi connectivity index (χ1n) is 5.12. The molecule has 0 rings (SSSR count). The highest BCUT2D eigenvalue weighted by atomic mass is 16.4. The Morgan fingerprint density at radius 2 is 2.00 bits per heavy atom. The molecular formula is C10H21N3O2. The number of unbranched alkanes of at least 4 members (excludes halogenated alkanes) is 1. The number of hydrogen-bond donors (Lipinski definition) is 3. The van der Waals surface area contributed by atoms with Gasteiger partial charge in [0.2, 0.25) is 5.91 Å². The highest BCUT2D eigenvalue weighted by molar-refractivity contribution is 5.81. The topological polar surface area (TPSA) is 87.7 Å². The average Bonchev–Trinajstić information content (AvgIpc) is 2.15. The van der Waals surface area contributed by atoms with E-state index in [1.165, 1.54) is 0 Å². The van der Waals surface area contributed by atoms with E-state index in [9.17, 15) is 4.79 Å². The van der Waals surface area contributed by atoms with Crippen LogP contribution < -0.4 is 11.1 Å². The van der Waals surface area contributed by atoms with Gasteiger partial charge in [0.05, 0.1) is 0 Å². The first-order chi connectivity index (χ1) is 6.88. The van der Waals surface area contributed by atoms with Crippen molar-refractivity contribution >= 4 is 11.7 Å². The maximum atomic E-state index is 11.4. The maximum absolute atomic E-state index is 11.4. The van der Waals surface area contributed by atoms with Gasteiger partial charge in [0, 0.05) is 18.4 Å². The molecule has 88 valence electrons. The quantitative estimate of drug-likeness (QED) is 0.211. The summed E-state index contributed by atoms with van der Waals surface area (Å²) in [5, 5.41) is 14.0. The molecule has 0 saturated carbocycles. The number of rotatable bonds is 5. The number of amidine groups is 1. The fourth-order valence-electron chi connectivity index (χ4n) is 0.948. The summed E-state index contributed by atoms with van der Waals surface area (Å²) in [6.45, 7) is 6.25. The first-order valence-corrected chi connectivity index (χ1v) is 5.12. The zero-order chi connectivity index (χ0) is 11.9. The molecule has 0 spiro atoms. The summed E-state index contributed by atoms with van der Waals surface area (Å²) in [7, 11) is 0. The van der Waals surface area contributed by atoms with Gasteiger partial charge in [-0.1, -0.05) is 25.9 Å². The zero-order valence-electron chi connectivity index (χ0n) is 9.71. The van der Waals surface area contributed by atoms with Crippen molar-refractivity contribution in [2.45, 2.75) is 40.0 Å². The molecule has 5 heteroatoms. The molecule has 0 aliphatic heterocycles. The Bertz CT molecular complexity index is 231. The molecule has 0 fully saturated rings. The molecule has 0 aromatic heterocycles. The van der Waals surface area contributed by atoms with Crippen LogP contribution >= 0.6 is 0 Å². The van der Waals surface area contributed by atoms with Crippen LogP contribution in [0.25, 0.3) is 0 Å². The Morgan fingerprint density at radius 3 is 2.47 bits per heavy atom. The van der Waals surface area contributed by atoms with Crippen molar-refractivity contribution in [3.05, 3.63) is 0 Å². The van der Waals surface area contributed by atoms with E-state index in [1.54, 1.807) is 0 Å². The fourth-order valence-corrected chi connectivity index (χ4v) is 0.948. The molecule has 0 aromatic rings. The minimum Gasteiger partial charge on any atom is -0.409 e. The van der Waals surface area contributed by atoms with E-state index in [-0.39, 0.29) is 17.2 Å². The number of carbonyl (C=O) groups excluding carboxylic acids is 1. The number of hydrogen-bond acceptors (Lipinski definition) is 3. The van der Waals surface area contributed by atoms with Gasteiger partial charge < -0.3 is 16.3 Å². The van der Waals surface area contributed by atoms with Crippen LogP contribution in [-0.4, -0.2) is 23.5 Å². The van der Waals surface area contributed by atoms with Crippen molar-refractivity contribution in [3.63, 3.8) is 0 Å². The number of nitrogens with two attached hydrogens (primary N) is 1. The summed E-state index contributed by atoms with van der Waals surface area (Å²) >= 11 is 0. The molecule has 5 nitrogen and oxygen atoms in total. The van der Waals surface area contributed by atoms with E-state index >= 15 is 0 Å². The van der Waals surface area contributed by atoms with Crippen LogP contribution in [0.5, 0.6) is 0 Å². The van der Waals surface area contributed by atoms with Gasteiger partial charge in [0.1, 0.15) is 5.84 Å². The van der Waals surface area contributed by atoms with Crippen molar-refractivity contribution in [2.24, 2.45) is 16.3 Å². The van der Waals surface area contributed by atoms with Crippen molar-refractivity contribution in [2.75, 3.05) is 6.54 Å². The largest absolute Gasteiger partial charge is 0.409 e. The summed E-state index contributed by atoms with van der Waals surface area (Å²) in [5.41, 5.74) is 4.96. The van der Waals surface area contributed by atoms with E-state index < -0.39 is 0 Å². The number of amides is 1. The van der Waals surface area contributed by atoms with Gasteiger partial charge in [-0.15, -0.1) is 0 Å². The lowest BCUT2D eigenvalue weighted by atomic mass is 9.96. The Balaban J connectivity index is 3.52. The molecule has 4 N–H and O–H groups in total. The molecule has 0 aliphatic rings. The van der Waals surface area contributed by atoms with E-state index in [2.05, 4.69) is 10.5 Å². The minimum atomic E-state index is -0.342. The highest BCUT2D eigenvalue weighted by Gasteiger charge is 2.19. The molecule has 0 atom stereocenters. The highest BCUT2D eigenvalue weighted by Crippen LogP contribution is 2.12. The summed E-state index contributed by atoms with van der Waals surface area (Å²) in [6.07, 6.45) is 2.19. The van der Waals surface area contributed by atoms with Crippen LogP contribution in [0.15, 0.2) is 5.16 Å². The Hall–Kier alpha value is -1.26. The van der Waals surface area contributed by atoms with E-state index in [0.29, 0.717) is 13.0 Å². The summed E-state index contributed by atoms with van der Waals surface area (Å²) in [5.74, 6) is 0.281. The molecule has 0 heterocycles. The molecule has 0 bridgehead atoms. The van der Waals surface area contributed by atoms with Crippen molar-refractivity contribution in [1.82, 2.24) is 5.32 Å². The molecule has 0 radical (unpaired) electrons. The zero-order valence-corrected chi connectivity index (χ0v) is 9.71. The van der Waals surface area contributed by atoms with Crippen LogP contribution in [0, 0.1) is 5.41 Å². The summed E-state index contributed by atoms with van der Waals surface area (Å²) in [6, 6.07) is 0. The SMILES string of the molecule is CC(C)(C)C(=O)NCCCCC(N)=NO. The second-order valence-electron chi connectivity index (χ2n) is 4.55. The smallest absolute Gasteiger partial charge is 0.225 e. The van der Waals surface area contributed by atoms with Gasteiger partial charge in [-0.05, 0) is 12.8 Å². The van der Waals surface area contributed by atoms with Gasteiger partial charge in [0.15, 0.2) is 0 Å². The maximum Gasteiger partial charge on any atom is 0.225 e. The number of oxime groups is 1. The van der Waals surface area contributed by atoms with Crippen molar-refractivity contribution < 1.29 is 10.0 Å². The predicted molar refractivity (Wildman–Crippen MR) is 59.7 cm³/mol. The van der Waals surface area contributed by atoms with Gasteiger partial charge in [-0.2, -0.15) is 0 Å². The predicted octanol–water partition coefficient (Wildman–Crippen LogP) is 1.07. The lowest BCUT2D eigenvalue weighted by Crippen LogP contribution is -2.35. The van der Waals surface area contributed by atoms with E-state index in [4.69, 9.17) is 10.9 Å². The van der Waals surface area contributed by atoms with Crippen LogP contribution in [0.2, 0.25) is 0 Å². The molecule has 0 saturated heterocycles. The van der Waals surface area contributed by atoms with Gasteiger partial charge in [-0.25, -0.2) is 0 Å². The summed E-state index contributed by atoms with van der Waals surface area (Å²) in [4.78, 5) is 11.4. The second-order valence-corrected chi connectivity index (χ2v) is 4.55. The van der Waals surface area contributed by atoms with Gasteiger partial charge in [-0.3, -0.25) is 4.79 Å². The average molecular weight is 215 g/mol. The lowest BCUT2D eigenvalue weighted by Gasteiger charge is -2.17. The monoisotopic (exact) mass is 215 g/mol. The number of carbonyl (C=O) groups is 1. The normalized spacial score (nSPS) is 12.6. The molecule has 0 unspecified atom stereocenters. The molecular weight excluding hydrogens is 194 g/mol. The van der Waals surface area contributed by atoms with Gasteiger partial charge in [0.25, 0.3) is 0 Å². The third-order valence-electron chi connectivity index (χ3n) is 1.95. The van der Waals surface area contributed by atoms with E-state index in [0.717, 1.165) is 12.8 Å². The lowest BCUT2D eigenvalue weighted by molar-refractivity contribution is -0.128. The number of nitrogens with one attached hydrogen (secondary N) is 1. The van der Waals surface area contributed by atoms with E-state index in [1.807, 2.05) is 20.8 Å². The van der Waals surface area contributed by atoms with Crippen molar-refractivity contribution in [1.29, 1.82) is 0 Å². The Kier molecular flexibility index (Phi) is 5.74. The standard InChI is InChI=1S/C10H21N3O2/c1-10(2,3)9(14)12-7-5-4-6-8(11)13-15/h15H,4-7H2,1-3H3,(H2,11,13)(H,12,14). The molecule has 1 amide bonds. The molecule has 0 aliphatic carbocycles. The summed E-state index contributed by atoms with van der Waals surface area (Å²) < 4.78 is 0. The third kappa shape index (κ3) is 6.76.